The Bertz CT molecular complexity index is 298. The molecule has 5 nitrogen and oxygen atoms in total. The van der Waals surface area contributed by atoms with Crippen molar-refractivity contribution >= 4 is 11.8 Å². The summed E-state index contributed by atoms with van der Waals surface area (Å²) in [5.74, 6) is -0.0388. The maximum Gasteiger partial charge on any atom is 0.240 e. The first kappa shape index (κ1) is 19.9. The van der Waals surface area contributed by atoms with Crippen LogP contribution in [0.5, 0.6) is 0 Å². The van der Waals surface area contributed by atoms with E-state index < -0.39 is 5.54 Å². The molecular formula is C16H33N3O2. The van der Waals surface area contributed by atoms with Crippen molar-refractivity contribution in [3.63, 3.8) is 0 Å². The third-order valence-electron chi connectivity index (χ3n) is 3.67. The summed E-state index contributed by atoms with van der Waals surface area (Å²) in [5.41, 5.74) is 5.61. The summed E-state index contributed by atoms with van der Waals surface area (Å²) in [6, 6.07) is 0. The molecule has 2 amide bonds. The van der Waals surface area contributed by atoms with Crippen LogP contribution in [0.4, 0.5) is 0 Å². The molecule has 0 atom stereocenters. The molecule has 0 aromatic heterocycles. The molecule has 0 aliphatic heterocycles. The molecule has 0 rings (SSSR count). The van der Waals surface area contributed by atoms with Crippen molar-refractivity contribution in [1.82, 2.24) is 10.6 Å². The van der Waals surface area contributed by atoms with E-state index in [0.717, 1.165) is 51.4 Å². The minimum Gasteiger partial charge on any atom is -0.356 e. The van der Waals surface area contributed by atoms with Crippen LogP contribution in [0.1, 0.15) is 72.1 Å². The van der Waals surface area contributed by atoms with Gasteiger partial charge in [-0.15, -0.1) is 0 Å². The molecule has 0 radical (unpaired) electrons. The van der Waals surface area contributed by atoms with Crippen LogP contribution in [0.3, 0.4) is 0 Å². The molecule has 0 aromatic rings. The van der Waals surface area contributed by atoms with Crippen LogP contribution in [0.25, 0.3) is 0 Å². The standard InChI is InChI=1S/C16H33N3O2/c1-4-6-10-16(17,11-7-5-2)15(21)19-13-9-8-12-18-14(3)20/h4-13,17H2,1-3H3,(H,18,20)(H,19,21). The first-order valence-electron chi connectivity index (χ1n) is 8.28. The van der Waals surface area contributed by atoms with Gasteiger partial charge in [0.15, 0.2) is 0 Å². The Morgan fingerprint density at radius 1 is 0.905 bits per heavy atom. The van der Waals surface area contributed by atoms with Gasteiger partial charge in [-0.1, -0.05) is 39.5 Å². The summed E-state index contributed by atoms with van der Waals surface area (Å²) in [6.45, 7) is 7.01. The SMILES string of the molecule is CCCCC(N)(CCCC)C(=O)NCCCCNC(C)=O. The molecule has 0 bridgehead atoms. The number of unbranched alkanes of at least 4 members (excludes halogenated alkanes) is 3. The van der Waals surface area contributed by atoms with Crippen LogP contribution in [-0.4, -0.2) is 30.4 Å². The molecule has 0 saturated carbocycles. The minimum atomic E-state index is -0.719. The van der Waals surface area contributed by atoms with Gasteiger partial charge in [-0.05, 0) is 25.7 Å². The van der Waals surface area contributed by atoms with Gasteiger partial charge in [0.2, 0.25) is 11.8 Å². The van der Waals surface area contributed by atoms with E-state index in [1.54, 1.807) is 0 Å². The number of amides is 2. The van der Waals surface area contributed by atoms with E-state index in [1.165, 1.54) is 6.92 Å². The van der Waals surface area contributed by atoms with Crippen LogP contribution >= 0.6 is 0 Å². The van der Waals surface area contributed by atoms with E-state index in [1.807, 2.05) is 0 Å². The molecule has 21 heavy (non-hydrogen) atoms. The average Bonchev–Trinajstić information content (AvgIpc) is 2.45. The number of hydrogen-bond acceptors (Lipinski definition) is 3. The lowest BCUT2D eigenvalue weighted by atomic mass is 9.87. The van der Waals surface area contributed by atoms with E-state index in [4.69, 9.17) is 5.73 Å². The van der Waals surface area contributed by atoms with Crippen LogP contribution in [0.15, 0.2) is 0 Å². The highest BCUT2D eigenvalue weighted by Crippen LogP contribution is 2.19. The number of nitrogens with two attached hydrogens (primary N) is 1. The Morgan fingerprint density at radius 3 is 1.81 bits per heavy atom. The van der Waals surface area contributed by atoms with Crippen molar-refractivity contribution in [2.24, 2.45) is 5.73 Å². The van der Waals surface area contributed by atoms with E-state index in [0.29, 0.717) is 13.1 Å². The molecule has 0 unspecified atom stereocenters. The Hall–Kier alpha value is -1.10. The Balaban J connectivity index is 4.06. The third kappa shape index (κ3) is 9.45. The first-order valence-corrected chi connectivity index (χ1v) is 8.28. The molecular weight excluding hydrogens is 266 g/mol. The molecule has 0 aliphatic rings. The highest BCUT2D eigenvalue weighted by Gasteiger charge is 2.32. The smallest absolute Gasteiger partial charge is 0.240 e. The van der Waals surface area contributed by atoms with Gasteiger partial charge in [-0.2, -0.15) is 0 Å². The van der Waals surface area contributed by atoms with Gasteiger partial charge in [0.05, 0.1) is 5.54 Å². The van der Waals surface area contributed by atoms with Gasteiger partial charge in [0, 0.05) is 20.0 Å². The highest BCUT2D eigenvalue weighted by atomic mass is 16.2. The van der Waals surface area contributed by atoms with Crippen molar-refractivity contribution in [2.75, 3.05) is 13.1 Å². The first-order chi connectivity index (χ1) is 9.96. The average molecular weight is 299 g/mol. The second-order valence-corrected chi connectivity index (χ2v) is 5.81. The third-order valence-corrected chi connectivity index (χ3v) is 3.67. The topological polar surface area (TPSA) is 84.2 Å². The fourth-order valence-corrected chi connectivity index (χ4v) is 2.23. The molecule has 4 N–H and O–H groups in total. The zero-order valence-corrected chi connectivity index (χ0v) is 14.0. The van der Waals surface area contributed by atoms with Crippen LogP contribution in [0, 0.1) is 0 Å². The van der Waals surface area contributed by atoms with Gasteiger partial charge in [-0.25, -0.2) is 0 Å². The van der Waals surface area contributed by atoms with Gasteiger partial charge in [0.1, 0.15) is 0 Å². The molecule has 0 aliphatic carbocycles. The summed E-state index contributed by atoms with van der Waals surface area (Å²) in [5, 5.41) is 5.70. The van der Waals surface area contributed by atoms with Gasteiger partial charge in [0.25, 0.3) is 0 Å². The lowest BCUT2D eigenvalue weighted by molar-refractivity contribution is -0.127. The van der Waals surface area contributed by atoms with Crippen molar-refractivity contribution in [3.05, 3.63) is 0 Å². The summed E-state index contributed by atoms with van der Waals surface area (Å²) in [4.78, 5) is 23.0. The fourth-order valence-electron chi connectivity index (χ4n) is 2.23. The van der Waals surface area contributed by atoms with Crippen molar-refractivity contribution in [2.45, 2.75) is 77.7 Å². The zero-order chi connectivity index (χ0) is 16.1. The molecule has 0 fully saturated rings. The number of carbonyl (C=O) groups excluding carboxylic acids is 2. The summed E-state index contributed by atoms with van der Waals surface area (Å²) < 4.78 is 0. The lowest BCUT2D eigenvalue weighted by Gasteiger charge is -2.28. The fraction of sp³-hybridized carbons (Fsp3) is 0.875. The van der Waals surface area contributed by atoms with Crippen LogP contribution < -0.4 is 16.4 Å². The Morgan fingerprint density at radius 2 is 1.38 bits per heavy atom. The monoisotopic (exact) mass is 299 g/mol. The predicted molar refractivity (Wildman–Crippen MR) is 86.9 cm³/mol. The van der Waals surface area contributed by atoms with Crippen molar-refractivity contribution in [1.29, 1.82) is 0 Å². The van der Waals surface area contributed by atoms with E-state index in [2.05, 4.69) is 24.5 Å². The largest absolute Gasteiger partial charge is 0.356 e. The molecule has 124 valence electrons. The van der Waals surface area contributed by atoms with Crippen LogP contribution in [0.2, 0.25) is 0 Å². The van der Waals surface area contributed by atoms with Gasteiger partial charge in [-0.3, -0.25) is 9.59 Å². The maximum atomic E-state index is 12.3. The highest BCUT2D eigenvalue weighted by molar-refractivity contribution is 5.85. The number of carbonyl (C=O) groups is 2. The minimum absolute atomic E-state index is 0.0147. The number of nitrogens with one attached hydrogen (secondary N) is 2. The van der Waals surface area contributed by atoms with E-state index in [-0.39, 0.29) is 11.8 Å². The molecule has 0 saturated heterocycles. The second-order valence-electron chi connectivity index (χ2n) is 5.81. The summed E-state index contributed by atoms with van der Waals surface area (Å²) in [7, 11) is 0. The predicted octanol–water partition coefficient (Wildman–Crippen LogP) is 2.10. The van der Waals surface area contributed by atoms with Gasteiger partial charge < -0.3 is 16.4 Å². The summed E-state index contributed by atoms with van der Waals surface area (Å²) >= 11 is 0. The Labute approximate surface area is 129 Å². The zero-order valence-electron chi connectivity index (χ0n) is 14.0. The molecule has 5 heteroatoms. The lowest BCUT2D eigenvalue weighted by Crippen LogP contribution is -2.54. The van der Waals surface area contributed by atoms with Gasteiger partial charge >= 0.3 is 0 Å². The molecule has 0 heterocycles. The maximum absolute atomic E-state index is 12.3. The van der Waals surface area contributed by atoms with E-state index in [9.17, 15) is 9.59 Å². The van der Waals surface area contributed by atoms with Crippen LogP contribution in [-0.2, 0) is 9.59 Å². The van der Waals surface area contributed by atoms with E-state index >= 15 is 0 Å². The van der Waals surface area contributed by atoms with Crippen molar-refractivity contribution in [3.8, 4) is 0 Å². The number of rotatable bonds is 12. The number of hydrogen-bond donors (Lipinski definition) is 3. The second kappa shape index (κ2) is 11.5. The Kier molecular flexibility index (Phi) is 10.9. The quantitative estimate of drug-likeness (QED) is 0.482. The molecule has 0 spiro atoms. The molecule has 0 aromatic carbocycles. The van der Waals surface area contributed by atoms with Crippen molar-refractivity contribution < 1.29 is 9.59 Å². The summed E-state index contributed by atoms with van der Waals surface area (Å²) in [6.07, 6.45) is 7.28. The normalized spacial score (nSPS) is 11.2.